The number of rotatable bonds is 2. The maximum Gasteiger partial charge on any atom is 0.316 e. The molecule has 1 rings (SSSR count). The molecule has 0 saturated carbocycles. The van der Waals surface area contributed by atoms with Crippen molar-refractivity contribution in [2.24, 2.45) is 5.92 Å². The van der Waals surface area contributed by atoms with Crippen LogP contribution < -0.4 is 0 Å². The number of hydrogen-bond acceptors (Lipinski definition) is 3. The smallest absolute Gasteiger partial charge is 0.316 e. The van der Waals surface area contributed by atoms with Crippen LogP contribution in [0.2, 0.25) is 0 Å². The Bertz CT molecular complexity index is 190. The zero-order chi connectivity index (χ0) is 8.43. The summed E-state index contributed by atoms with van der Waals surface area (Å²) in [4.78, 5) is 21.0. The van der Waals surface area contributed by atoms with Crippen LogP contribution in [-0.2, 0) is 14.3 Å². The Kier molecular flexibility index (Phi) is 2.16. The lowest BCUT2D eigenvalue weighted by Crippen LogP contribution is -2.25. The van der Waals surface area contributed by atoms with Gasteiger partial charge in [-0.1, -0.05) is 0 Å². The normalized spacial score (nSPS) is 23.9. The molecule has 11 heavy (non-hydrogen) atoms. The van der Waals surface area contributed by atoms with Crippen LogP contribution in [-0.4, -0.2) is 24.8 Å². The van der Waals surface area contributed by atoms with Gasteiger partial charge in [0.25, 0.3) is 6.43 Å². The molecule has 0 aromatic rings. The number of ether oxygens (including phenoxy) is 1. The van der Waals surface area contributed by atoms with Crippen LogP contribution in [0, 0.1) is 5.92 Å². The van der Waals surface area contributed by atoms with Crippen molar-refractivity contribution < 1.29 is 23.1 Å². The fraction of sp³-hybridized carbons (Fsp3) is 0.667. The van der Waals surface area contributed by atoms with Crippen molar-refractivity contribution in [3.05, 3.63) is 0 Å². The molecule has 1 unspecified atom stereocenters. The first-order chi connectivity index (χ1) is 5.13. The second kappa shape index (κ2) is 2.94. The first-order valence-corrected chi connectivity index (χ1v) is 3.11. The number of ketones is 1. The summed E-state index contributed by atoms with van der Waals surface area (Å²) in [7, 11) is 0. The molecule has 0 N–H and O–H groups in total. The molecule has 0 bridgehead atoms. The number of esters is 1. The van der Waals surface area contributed by atoms with Gasteiger partial charge in [-0.3, -0.25) is 9.59 Å². The highest BCUT2D eigenvalue weighted by atomic mass is 19.3. The summed E-state index contributed by atoms with van der Waals surface area (Å²) in [5.74, 6) is -3.38. The highest BCUT2D eigenvalue weighted by Crippen LogP contribution is 2.18. The van der Waals surface area contributed by atoms with Gasteiger partial charge >= 0.3 is 5.97 Å². The summed E-state index contributed by atoms with van der Waals surface area (Å²) in [5, 5.41) is 0. The summed E-state index contributed by atoms with van der Waals surface area (Å²) in [6.45, 7) is 0.0714. The molecule has 1 aliphatic heterocycles. The Morgan fingerprint density at radius 2 is 2.27 bits per heavy atom. The molecule has 0 radical (unpaired) electrons. The molecular formula is C6H6F2O3. The van der Waals surface area contributed by atoms with Crippen molar-refractivity contribution in [2.75, 3.05) is 6.61 Å². The molecular weight excluding hydrogens is 158 g/mol. The van der Waals surface area contributed by atoms with E-state index in [-0.39, 0.29) is 13.0 Å². The van der Waals surface area contributed by atoms with E-state index in [1.807, 2.05) is 0 Å². The Morgan fingerprint density at radius 3 is 2.64 bits per heavy atom. The van der Waals surface area contributed by atoms with Gasteiger partial charge in [0, 0.05) is 6.42 Å². The molecule has 1 aliphatic rings. The maximum atomic E-state index is 11.7. The van der Waals surface area contributed by atoms with Crippen LogP contribution in [0.15, 0.2) is 0 Å². The van der Waals surface area contributed by atoms with Crippen LogP contribution in [0.4, 0.5) is 8.78 Å². The predicted octanol–water partition coefficient (Wildman–Crippen LogP) is 0.384. The molecule has 62 valence electrons. The molecule has 1 heterocycles. The third kappa shape index (κ3) is 1.53. The van der Waals surface area contributed by atoms with Crippen LogP contribution in [0.25, 0.3) is 0 Å². The van der Waals surface area contributed by atoms with E-state index >= 15 is 0 Å². The second-order valence-corrected chi connectivity index (χ2v) is 2.21. The SMILES string of the molecule is O=C1OCCC1C(=O)C(F)F. The van der Waals surface area contributed by atoms with Gasteiger partial charge in [0.1, 0.15) is 5.92 Å². The largest absolute Gasteiger partial charge is 0.465 e. The predicted molar refractivity (Wildman–Crippen MR) is 30.1 cm³/mol. The van der Waals surface area contributed by atoms with Crippen LogP contribution >= 0.6 is 0 Å². The summed E-state index contributed by atoms with van der Waals surface area (Å²) in [6, 6.07) is 0. The lowest BCUT2D eigenvalue weighted by atomic mass is 10.0. The van der Waals surface area contributed by atoms with E-state index in [0.717, 1.165) is 0 Å². The van der Waals surface area contributed by atoms with Gasteiger partial charge in [0.05, 0.1) is 6.61 Å². The number of Topliss-reactive ketones (excluding diaryl/α,β-unsaturated/α-hetero) is 1. The average Bonchev–Trinajstić information content (AvgIpc) is 2.33. The number of cyclic esters (lactones) is 1. The van der Waals surface area contributed by atoms with Crippen molar-refractivity contribution >= 4 is 11.8 Å². The maximum absolute atomic E-state index is 11.7. The Hall–Kier alpha value is -1.00. The lowest BCUT2D eigenvalue weighted by molar-refractivity contribution is -0.148. The van der Waals surface area contributed by atoms with E-state index in [1.165, 1.54) is 0 Å². The Labute approximate surface area is 61.3 Å². The topological polar surface area (TPSA) is 43.4 Å². The van der Waals surface area contributed by atoms with Gasteiger partial charge in [0.15, 0.2) is 0 Å². The fourth-order valence-electron chi connectivity index (χ4n) is 0.906. The highest BCUT2D eigenvalue weighted by Gasteiger charge is 2.37. The van der Waals surface area contributed by atoms with E-state index in [2.05, 4.69) is 4.74 Å². The molecule has 0 amide bonds. The van der Waals surface area contributed by atoms with Crippen molar-refractivity contribution in [3.63, 3.8) is 0 Å². The number of halogens is 2. The molecule has 0 aromatic heterocycles. The third-order valence-electron chi connectivity index (χ3n) is 1.49. The van der Waals surface area contributed by atoms with E-state index < -0.39 is 24.1 Å². The van der Waals surface area contributed by atoms with Gasteiger partial charge in [-0.2, -0.15) is 0 Å². The van der Waals surface area contributed by atoms with Crippen molar-refractivity contribution in [1.82, 2.24) is 0 Å². The monoisotopic (exact) mass is 164 g/mol. The minimum atomic E-state index is -3.06. The van der Waals surface area contributed by atoms with E-state index in [9.17, 15) is 18.4 Å². The van der Waals surface area contributed by atoms with E-state index in [0.29, 0.717) is 0 Å². The highest BCUT2D eigenvalue weighted by molar-refractivity contribution is 6.01. The van der Waals surface area contributed by atoms with Crippen LogP contribution in [0.1, 0.15) is 6.42 Å². The second-order valence-electron chi connectivity index (χ2n) is 2.21. The average molecular weight is 164 g/mol. The molecule has 1 atom stereocenters. The van der Waals surface area contributed by atoms with Crippen molar-refractivity contribution in [1.29, 1.82) is 0 Å². The van der Waals surface area contributed by atoms with Crippen LogP contribution in [0.3, 0.4) is 0 Å². The fourth-order valence-corrected chi connectivity index (χ4v) is 0.906. The molecule has 1 fully saturated rings. The number of hydrogen-bond donors (Lipinski definition) is 0. The molecule has 1 saturated heterocycles. The van der Waals surface area contributed by atoms with E-state index in [4.69, 9.17) is 0 Å². The lowest BCUT2D eigenvalue weighted by Gasteiger charge is -2.01. The molecule has 5 heteroatoms. The quantitative estimate of drug-likeness (QED) is 0.437. The summed E-state index contributed by atoms with van der Waals surface area (Å²) in [6.07, 6.45) is -2.98. The third-order valence-corrected chi connectivity index (χ3v) is 1.49. The van der Waals surface area contributed by atoms with Gasteiger partial charge < -0.3 is 4.74 Å². The first-order valence-electron chi connectivity index (χ1n) is 3.11. The molecule has 0 aliphatic carbocycles. The van der Waals surface area contributed by atoms with Gasteiger partial charge in [-0.05, 0) is 0 Å². The Balaban J connectivity index is 2.60. The summed E-state index contributed by atoms with van der Waals surface area (Å²) < 4.78 is 27.7. The summed E-state index contributed by atoms with van der Waals surface area (Å²) in [5.41, 5.74) is 0. The van der Waals surface area contributed by atoms with Crippen molar-refractivity contribution in [3.8, 4) is 0 Å². The van der Waals surface area contributed by atoms with E-state index in [1.54, 1.807) is 0 Å². The number of carbonyl (C=O) groups is 2. The zero-order valence-electron chi connectivity index (χ0n) is 5.55. The van der Waals surface area contributed by atoms with Gasteiger partial charge in [0.2, 0.25) is 5.78 Å². The minimum absolute atomic E-state index is 0.0714. The van der Waals surface area contributed by atoms with Gasteiger partial charge in [-0.15, -0.1) is 0 Å². The standard InChI is InChI=1S/C6H6F2O3/c7-5(8)4(9)3-1-2-11-6(3)10/h3,5H,1-2H2. The Morgan fingerprint density at radius 1 is 1.64 bits per heavy atom. The number of alkyl halides is 2. The van der Waals surface area contributed by atoms with Crippen molar-refractivity contribution in [2.45, 2.75) is 12.8 Å². The molecule has 0 spiro atoms. The number of carbonyl (C=O) groups excluding carboxylic acids is 2. The minimum Gasteiger partial charge on any atom is -0.465 e. The molecule has 3 nitrogen and oxygen atoms in total. The molecule has 0 aromatic carbocycles. The van der Waals surface area contributed by atoms with Crippen LogP contribution in [0.5, 0.6) is 0 Å². The summed E-state index contributed by atoms with van der Waals surface area (Å²) >= 11 is 0. The zero-order valence-corrected chi connectivity index (χ0v) is 5.55. The first kappa shape index (κ1) is 8.10. The van der Waals surface area contributed by atoms with Gasteiger partial charge in [-0.25, -0.2) is 8.78 Å².